The fraction of sp³-hybridized carbons (Fsp3) is 0.455. The van der Waals surface area contributed by atoms with Gasteiger partial charge in [0.25, 0.3) is 10.1 Å². The highest BCUT2D eigenvalue weighted by atomic mass is 32.2. The van der Waals surface area contributed by atoms with Crippen molar-refractivity contribution in [2.45, 2.75) is 30.8 Å². The van der Waals surface area contributed by atoms with Gasteiger partial charge in [-0.2, -0.15) is 8.42 Å². The SMILES string of the molecule is O=S(=O)(O)C1CC(OCc2ccccc2)C1. The minimum absolute atomic E-state index is 0.0490. The average Bonchev–Trinajstić information content (AvgIpc) is 2.15. The van der Waals surface area contributed by atoms with Gasteiger partial charge >= 0.3 is 0 Å². The molecule has 2 rings (SSSR count). The van der Waals surface area contributed by atoms with Crippen molar-refractivity contribution in [1.82, 2.24) is 0 Å². The zero-order chi connectivity index (χ0) is 11.6. The lowest BCUT2D eigenvalue weighted by Gasteiger charge is -2.32. The Morgan fingerprint density at radius 1 is 1.25 bits per heavy atom. The van der Waals surface area contributed by atoms with E-state index >= 15 is 0 Å². The monoisotopic (exact) mass is 242 g/mol. The quantitative estimate of drug-likeness (QED) is 0.815. The summed E-state index contributed by atoms with van der Waals surface area (Å²) in [5.74, 6) is 0. The summed E-state index contributed by atoms with van der Waals surface area (Å²) in [6.45, 7) is 0.490. The Kier molecular flexibility index (Phi) is 3.28. The van der Waals surface area contributed by atoms with E-state index < -0.39 is 15.4 Å². The molecule has 0 unspecified atom stereocenters. The Hall–Kier alpha value is -0.910. The summed E-state index contributed by atoms with van der Waals surface area (Å²) in [6, 6.07) is 9.71. The minimum Gasteiger partial charge on any atom is -0.373 e. The van der Waals surface area contributed by atoms with E-state index in [4.69, 9.17) is 9.29 Å². The molecular weight excluding hydrogens is 228 g/mol. The second-order valence-electron chi connectivity index (χ2n) is 4.03. The fourth-order valence-corrected chi connectivity index (χ4v) is 2.60. The summed E-state index contributed by atoms with van der Waals surface area (Å²) in [5, 5.41) is -0.631. The van der Waals surface area contributed by atoms with E-state index in [1.165, 1.54) is 0 Å². The maximum atomic E-state index is 10.7. The van der Waals surface area contributed by atoms with Crippen LogP contribution in [0.4, 0.5) is 0 Å². The van der Waals surface area contributed by atoms with Gasteiger partial charge in [-0.05, 0) is 18.4 Å². The Morgan fingerprint density at radius 2 is 1.88 bits per heavy atom. The molecule has 0 spiro atoms. The van der Waals surface area contributed by atoms with Crippen LogP contribution in [0, 0.1) is 0 Å². The van der Waals surface area contributed by atoms with Gasteiger partial charge in [-0.15, -0.1) is 0 Å². The van der Waals surface area contributed by atoms with Gasteiger partial charge in [-0.25, -0.2) is 0 Å². The molecule has 1 fully saturated rings. The molecule has 16 heavy (non-hydrogen) atoms. The third-order valence-corrected chi connectivity index (χ3v) is 4.03. The van der Waals surface area contributed by atoms with Crippen LogP contribution in [-0.4, -0.2) is 24.3 Å². The van der Waals surface area contributed by atoms with Crippen LogP contribution in [0.25, 0.3) is 0 Å². The van der Waals surface area contributed by atoms with Gasteiger partial charge in [-0.3, -0.25) is 4.55 Å². The van der Waals surface area contributed by atoms with E-state index in [0.717, 1.165) is 5.56 Å². The van der Waals surface area contributed by atoms with Gasteiger partial charge in [0.15, 0.2) is 0 Å². The molecule has 1 N–H and O–H groups in total. The Labute approximate surface area is 95.0 Å². The first-order valence-electron chi connectivity index (χ1n) is 5.17. The van der Waals surface area contributed by atoms with Gasteiger partial charge < -0.3 is 4.74 Å². The molecular formula is C11H14O4S. The molecule has 1 aliphatic carbocycles. The maximum absolute atomic E-state index is 10.7. The van der Waals surface area contributed by atoms with Crippen LogP contribution in [0.3, 0.4) is 0 Å². The summed E-state index contributed by atoms with van der Waals surface area (Å²) in [5.41, 5.74) is 1.07. The number of rotatable bonds is 4. The van der Waals surface area contributed by atoms with E-state index in [9.17, 15) is 8.42 Å². The smallest absolute Gasteiger partial charge is 0.267 e. The van der Waals surface area contributed by atoms with Gasteiger partial charge in [0.1, 0.15) is 0 Å². The van der Waals surface area contributed by atoms with Gasteiger partial charge in [0.05, 0.1) is 18.0 Å². The topological polar surface area (TPSA) is 63.6 Å². The molecule has 0 amide bonds. The number of ether oxygens (including phenoxy) is 1. The van der Waals surface area contributed by atoms with Crippen molar-refractivity contribution in [3.8, 4) is 0 Å². The molecule has 1 aliphatic rings. The zero-order valence-corrected chi connectivity index (χ0v) is 9.56. The summed E-state index contributed by atoms with van der Waals surface area (Å²) in [6.07, 6.45) is 0.740. The van der Waals surface area contributed by atoms with Crippen molar-refractivity contribution in [1.29, 1.82) is 0 Å². The maximum Gasteiger partial charge on any atom is 0.267 e. The molecule has 4 nitrogen and oxygen atoms in total. The van der Waals surface area contributed by atoms with E-state index in [1.807, 2.05) is 30.3 Å². The third-order valence-electron chi connectivity index (χ3n) is 2.80. The second kappa shape index (κ2) is 4.53. The normalized spacial score (nSPS) is 25.1. The van der Waals surface area contributed by atoms with E-state index in [0.29, 0.717) is 19.4 Å². The standard InChI is InChI=1S/C11H14O4S/c12-16(13,14)11-6-10(7-11)15-8-9-4-2-1-3-5-9/h1-5,10-11H,6-8H2,(H,12,13,14). The van der Waals surface area contributed by atoms with Crippen LogP contribution in [0.1, 0.15) is 18.4 Å². The van der Waals surface area contributed by atoms with E-state index in [-0.39, 0.29) is 6.10 Å². The van der Waals surface area contributed by atoms with Crippen LogP contribution in [-0.2, 0) is 21.5 Å². The lowest BCUT2D eigenvalue weighted by molar-refractivity contribution is -0.00767. The molecule has 1 aromatic rings. The number of hydrogen-bond donors (Lipinski definition) is 1. The molecule has 0 radical (unpaired) electrons. The van der Waals surface area contributed by atoms with Crippen molar-refractivity contribution in [3.05, 3.63) is 35.9 Å². The van der Waals surface area contributed by atoms with Crippen LogP contribution in [0.15, 0.2) is 30.3 Å². The highest BCUT2D eigenvalue weighted by Crippen LogP contribution is 2.29. The second-order valence-corrected chi connectivity index (χ2v) is 5.72. The van der Waals surface area contributed by atoms with Crippen LogP contribution >= 0.6 is 0 Å². The molecule has 0 heterocycles. The van der Waals surface area contributed by atoms with Crippen LogP contribution in [0.5, 0.6) is 0 Å². The molecule has 1 saturated carbocycles. The summed E-state index contributed by atoms with van der Waals surface area (Å²) in [7, 11) is -3.86. The highest BCUT2D eigenvalue weighted by Gasteiger charge is 2.38. The van der Waals surface area contributed by atoms with Crippen LogP contribution in [0.2, 0.25) is 0 Å². The van der Waals surface area contributed by atoms with Crippen molar-refractivity contribution in [3.63, 3.8) is 0 Å². The highest BCUT2D eigenvalue weighted by molar-refractivity contribution is 7.86. The number of benzene rings is 1. The molecule has 5 heteroatoms. The largest absolute Gasteiger partial charge is 0.373 e. The first kappa shape index (κ1) is 11.6. The van der Waals surface area contributed by atoms with Crippen LogP contribution < -0.4 is 0 Å². The van der Waals surface area contributed by atoms with Gasteiger partial charge in [0, 0.05) is 0 Å². The first-order chi connectivity index (χ1) is 7.55. The average molecular weight is 242 g/mol. The predicted molar refractivity (Wildman–Crippen MR) is 59.6 cm³/mol. The lowest BCUT2D eigenvalue weighted by atomic mass is 9.95. The van der Waals surface area contributed by atoms with E-state index in [2.05, 4.69) is 0 Å². The molecule has 0 aromatic heterocycles. The van der Waals surface area contributed by atoms with Crippen molar-refractivity contribution < 1.29 is 17.7 Å². The third kappa shape index (κ3) is 2.81. The van der Waals surface area contributed by atoms with E-state index in [1.54, 1.807) is 0 Å². The molecule has 1 aromatic carbocycles. The summed E-state index contributed by atoms with van der Waals surface area (Å²) < 4.78 is 35.7. The fourth-order valence-electron chi connectivity index (χ4n) is 1.68. The summed E-state index contributed by atoms with van der Waals surface area (Å²) >= 11 is 0. The lowest BCUT2D eigenvalue weighted by Crippen LogP contribution is -2.40. The Bertz CT molecular complexity index is 434. The Balaban J connectivity index is 1.75. The predicted octanol–water partition coefficient (Wildman–Crippen LogP) is 1.62. The van der Waals surface area contributed by atoms with Crippen molar-refractivity contribution >= 4 is 10.1 Å². The number of hydrogen-bond acceptors (Lipinski definition) is 3. The molecule has 0 atom stereocenters. The molecule has 0 aliphatic heterocycles. The minimum atomic E-state index is -3.86. The molecule has 88 valence electrons. The van der Waals surface area contributed by atoms with Gasteiger partial charge in [-0.1, -0.05) is 30.3 Å². The zero-order valence-electron chi connectivity index (χ0n) is 8.74. The molecule has 0 bridgehead atoms. The Morgan fingerprint density at radius 3 is 2.44 bits per heavy atom. The first-order valence-corrected chi connectivity index (χ1v) is 6.68. The van der Waals surface area contributed by atoms with Crippen molar-refractivity contribution in [2.24, 2.45) is 0 Å². The molecule has 0 saturated heterocycles. The van der Waals surface area contributed by atoms with Crippen molar-refractivity contribution in [2.75, 3.05) is 0 Å². The van der Waals surface area contributed by atoms with Gasteiger partial charge in [0.2, 0.25) is 0 Å². The summed E-state index contributed by atoms with van der Waals surface area (Å²) in [4.78, 5) is 0.